The van der Waals surface area contributed by atoms with Crippen LogP contribution in [-0.4, -0.2) is 42.1 Å². The lowest BCUT2D eigenvalue weighted by molar-refractivity contribution is -0.126. The zero-order valence-electron chi connectivity index (χ0n) is 11.1. The van der Waals surface area contributed by atoms with Crippen molar-refractivity contribution >= 4 is 17.5 Å². The first-order chi connectivity index (χ1) is 9.10. The standard InChI is InChI=1S/C13H19N3O3/c1-2-10(17)6-14-12(19)8-16-7-9-4-3-5-11(18)13(9)15-16/h15H,2-8H2,1H3,(H,14,19). The van der Waals surface area contributed by atoms with E-state index < -0.39 is 0 Å². The van der Waals surface area contributed by atoms with Crippen LogP contribution in [-0.2, 0) is 14.4 Å². The van der Waals surface area contributed by atoms with E-state index in [2.05, 4.69) is 10.7 Å². The van der Waals surface area contributed by atoms with Crippen LogP contribution >= 0.6 is 0 Å². The summed E-state index contributed by atoms with van der Waals surface area (Å²) in [4.78, 5) is 34.4. The average Bonchev–Trinajstić information content (AvgIpc) is 2.80. The van der Waals surface area contributed by atoms with Gasteiger partial charge in [0.2, 0.25) is 5.91 Å². The molecule has 0 unspecified atom stereocenters. The number of carbonyl (C=O) groups is 3. The lowest BCUT2D eigenvalue weighted by atomic mass is 9.96. The fourth-order valence-electron chi connectivity index (χ4n) is 2.28. The van der Waals surface area contributed by atoms with Crippen molar-refractivity contribution in [1.82, 2.24) is 15.8 Å². The highest BCUT2D eigenvalue weighted by molar-refractivity contribution is 5.97. The summed E-state index contributed by atoms with van der Waals surface area (Å²) in [5, 5.41) is 4.30. The number of hydrogen-bond acceptors (Lipinski definition) is 5. The predicted octanol–water partition coefficient (Wildman–Crippen LogP) is -0.0910. The molecule has 2 rings (SSSR count). The number of nitrogens with one attached hydrogen (secondary N) is 2. The summed E-state index contributed by atoms with van der Waals surface area (Å²) < 4.78 is 0. The molecule has 1 aliphatic carbocycles. The first-order valence-electron chi connectivity index (χ1n) is 6.65. The molecular formula is C13H19N3O3. The number of carbonyl (C=O) groups excluding carboxylic acids is 3. The molecule has 0 atom stereocenters. The first-order valence-corrected chi connectivity index (χ1v) is 6.65. The highest BCUT2D eigenvalue weighted by Gasteiger charge is 2.29. The summed E-state index contributed by atoms with van der Waals surface area (Å²) in [5.41, 5.74) is 4.75. The Balaban J connectivity index is 1.79. The van der Waals surface area contributed by atoms with Gasteiger partial charge >= 0.3 is 0 Å². The van der Waals surface area contributed by atoms with Crippen molar-refractivity contribution in [3.63, 3.8) is 0 Å². The fourth-order valence-corrected chi connectivity index (χ4v) is 2.28. The minimum atomic E-state index is -0.207. The van der Waals surface area contributed by atoms with Crippen molar-refractivity contribution in [3.05, 3.63) is 11.3 Å². The fraction of sp³-hybridized carbons (Fsp3) is 0.615. The normalized spacial score (nSPS) is 19.1. The molecule has 0 aromatic heterocycles. The topological polar surface area (TPSA) is 78.5 Å². The van der Waals surface area contributed by atoms with E-state index in [9.17, 15) is 14.4 Å². The molecule has 0 spiro atoms. The van der Waals surface area contributed by atoms with Gasteiger partial charge in [0, 0.05) is 19.4 Å². The Bertz CT molecular complexity index is 442. The number of allylic oxidation sites excluding steroid dienone is 1. The second kappa shape index (κ2) is 5.97. The van der Waals surface area contributed by atoms with Gasteiger partial charge in [-0.15, -0.1) is 0 Å². The van der Waals surface area contributed by atoms with Crippen LogP contribution in [0.4, 0.5) is 0 Å². The number of hydrogen-bond donors (Lipinski definition) is 2. The Hall–Kier alpha value is -1.69. The molecule has 6 nitrogen and oxygen atoms in total. The highest BCUT2D eigenvalue weighted by atomic mass is 16.2. The Labute approximate surface area is 112 Å². The van der Waals surface area contributed by atoms with Gasteiger partial charge in [-0.1, -0.05) is 6.92 Å². The van der Waals surface area contributed by atoms with Crippen LogP contribution < -0.4 is 10.7 Å². The lowest BCUT2D eigenvalue weighted by Crippen LogP contribution is -2.43. The van der Waals surface area contributed by atoms with E-state index in [1.807, 2.05) is 0 Å². The number of ketones is 2. The maximum absolute atomic E-state index is 11.7. The maximum atomic E-state index is 11.7. The van der Waals surface area contributed by atoms with Crippen LogP contribution in [0, 0.1) is 0 Å². The molecule has 1 heterocycles. The second-order valence-corrected chi connectivity index (χ2v) is 4.89. The predicted molar refractivity (Wildman–Crippen MR) is 68.9 cm³/mol. The van der Waals surface area contributed by atoms with Crippen LogP contribution in [0.5, 0.6) is 0 Å². The molecule has 6 heteroatoms. The second-order valence-electron chi connectivity index (χ2n) is 4.89. The third-order valence-corrected chi connectivity index (χ3v) is 3.38. The smallest absolute Gasteiger partial charge is 0.236 e. The molecule has 0 bridgehead atoms. The summed E-state index contributed by atoms with van der Waals surface area (Å²) in [6.45, 7) is 2.60. The molecule has 2 aliphatic rings. The summed E-state index contributed by atoms with van der Waals surface area (Å²) in [7, 11) is 0. The SMILES string of the molecule is CCC(=O)CNC(=O)CN1CC2=C(N1)C(=O)CCC2. The molecule has 2 N–H and O–H groups in total. The Kier molecular flexibility index (Phi) is 4.31. The molecule has 1 amide bonds. The zero-order chi connectivity index (χ0) is 13.8. The van der Waals surface area contributed by atoms with Gasteiger partial charge in [-0.3, -0.25) is 14.4 Å². The minimum absolute atomic E-state index is 0.00956. The van der Waals surface area contributed by atoms with E-state index >= 15 is 0 Å². The van der Waals surface area contributed by atoms with Crippen molar-refractivity contribution in [3.8, 4) is 0 Å². The van der Waals surface area contributed by atoms with E-state index in [4.69, 9.17) is 0 Å². The third kappa shape index (κ3) is 3.41. The molecule has 104 valence electrons. The van der Waals surface area contributed by atoms with E-state index in [1.54, 1.807) is 11.9 Å². The molecule has 0 saturated heterocycles. The zero-order valence-corrected chi connectivity index (χ0v) is 11.1. The van der Waals surface area contributed by atoms with E-state index in [1.165, 1.54) is 0 Å². The van der Waals surface area contributed by atoms with Gasteiger partial charge < -0.3 is 10.7 Å². The van der Waals surface area contributed by atoms with Gasteiger partial charge in [-0.05, 0) is 18.4 Å². The highest BCUT2D eigenvalue weighted by Crippen LogP contribution is 2.25. The quantitative estimate of drug-likeness (QED) is 0.726. The van der Waals surface area contributed by atoms with Crippen LogP contribution in [0.2, 0.25) is 0 Å². The van der Waals surface area contributed by atoms with Gasteiger partial charge in [0.05, 0.1) is 18.8 Å². The molecule has 1 aliphatic heterocycles. The summed E-state index contributed by atoms with van der Waals surface area (Å²) in [6.07, 6.45) is 2.81. The Morgan fingerprint density at radius 3 is 2.84 bits per heavy atom. The van der Waals surface area contributed by atoms with Crippen LogP contribution in [0.15, 0.2) is 11.3 Å². The Morgan fingerprint density at radius 2 is 2.16 bits per heavy atom. The molecular weight excluding hydrogens is 246 g/mol. The molecule has 0 radical (unpaired) electrons. The maximum Gasteiger partial charge on any atom is 0.236 e. The lowest BCUT2D eigenvalue weighted by Gasteiger charge is -2.16. The first kappa shape index (κ1) is 13.7. The van der Waals surface area contributed by atoms with Crippen LogP contribution in [0.1, 0.15) is 32.6 Å². The van der Waals surface area contributed by atoms with Gasteiger partial charge in [0.25, 0.3) is 0 Å². The van der Waals surface area contributed by atoms with Gasteiger partial charge in [-0.25, -0.2) is 5.01 Å². The van der Waals surface area contributed by atoms with E-state index in [-0.39, 0.29) is 30.6 Å². The number of nitrogens with zero attached hydrogens (tertiary/aromatic N) is 1. The van der Waals surface area contributed by atoms with Crippen molar-refractivity contribution in [2.75, 3.05) is 19.6 Å². The number of amides is 1. The molecule has 0 saturated carbocycles. The number of Topliss-reactive ketones (excluding diaryl/α,β-unsaturated/α-hetero) is 2. The van der Waals surface area contributed by atoms with Crippen molar-refractivity contribution < 1.29 is 14.4 Å². The molecule has 0 aromatic rings. The number of hydrazine groups is 1. The van der Waals surface area contributed by atoms with Gasteiger partial charge in [0.1, 0.15) is 0 Å². The van der Waals surface area contributed by atoms with Gasteiger partial charge in [0.15, 0.2) is 11.6 Å². The van der Waals surface area contributed by atoms with Crippen LogP contribution in [0.25, 0.3) is 0 Å². The monoisotopic (exact) mass is 265 g/mol. The van der Waals surface area contributed by atoms with Crippen molar-refractivity contribution in [2.45, 2.75) is 32.6 Å². The van der Waals surface area contributed by atoms with Crippen molar-refractivity contribution in [1.29, 1.82) is 0 Å². The molecule has 0 aromatic carbocycles. The van der Waals surface area contributed by atoms with Crippen LogP contribution in [0.3, 0.4) is 0 Å². The third-order valence-electron chi connectivity index (χ3n) is 3.38. The minimum Gasteiger partial charge on any atom is -0.348 e. The summed E-state index contributed by atoms with van der Waals surface area (Å²) in [5.74, 6) is -0.0674. The van der Waals surface area contributed by atoms with E-state index in [0.29, 0.717) is 25.1 Å². The summed E-state index contributed by atoms with van der Waals surface area (Å²) >= 11 is 0. The van der Waals surface area contributed by atoms with Crippen molar-refractivity contribution in [2.24, 2.45) is 0 Å². The summed E-state index contributed by atoms with van der Waals surface area (Å²) in [6, 6.07) is 0. The number of rotatable bonds is 5. The molecule has 0 fully saturated rings. The largest absolute Gasteiger partial charge is 0.348 e. The Morgan fingerprint density at radius 1 is 1.37 bits per heavy atom. The van der Waals surface area contributed by atoms with Gasteiger partial charge in [-0.2, -0.15) is 0 Å². The average molecular weight is 265 g/mol. The molecule has 19 heavy (non-hydrogen) atoms. The van der Waals surface area contributed by atoms with E-state index in [0.717, 1.165) is 18.4 Å².